The first-order chi connectivity index (χ1) is 14.6. The van der Waals surface area contributed by atoms with Gasteiger partial charge in [0, 0.05) is 18.7 Å². The first kappa shape index (κ1) is 22.0. The summed E-state index contributed by atoms with van der Waals surface area (Å²) in [6, 6.07) is 7.15. The van der Waals surface area contributed by atoms with Gasteiger partial charge in [0.2, 0.25) is 0 Å². The average molecular weight is 414 g/mol. The number of rotatable bonds is 9. The van der Waals surface area contributed by atoms with Crippen molar-refractivity contribution >= 4 is 11.9 Å². The second-order valence-corrected chi connectivity index (χ2v) is 7.56. The molecular weight excluding hydrogens is 382 g/mol. The maximum atomic E-state index is 12.4. The molecule has 1 aromatic heterocycles. The highest BCUT2D eigenvalue weighted by atomic mass is 16.5. The molecule has 1 amide bonds. The minimum Gasteiger partial charge on any atom is -0.462 e. The molecule has 0 radical (unpaired) electrons. The number of nitrogens with zero attached hydrogens (tertiary/aromatic N) is 2. The molecule has 7 nitrogen and oxygen atoms in total. The van der Waals surface area contributed by atoms with Crippen molar-refractivity contribution in [3.8, 4) is 5.69 Å². The fourth-order valence-corrected chi connectivity index (χ4v) is 3.69. The molecule has 1 aliphatic carbocycles. The summed E-state index contributed by atoms with van der Waals surface area (Å²) in [7, 11) is 0. The zero-order valence-electron chi connectivity index (χ0n) is 17.9. The molecule has 0 saturated heterocycles. The normalized spacial score (nSPS) is 14.5. The van der Waals surface area contributed by atoms with Crippen LogP contribution in [-0.2, 0) is 9.47 Å². The Kier molecular flexibility index (Phi) is 8.02. The molecular formula is C23H31N3O4. The van der Waals surface area contributed by atoms with E-state index < -0.39 is 0 Å². The van der Waals surface area contributed by atoms with Gasteiger partial charge in [0.25, 0.3) is 5.91 Å². The number of carbonyl (C=O) groups excluding carboxylic acids is 2. The van der Waals surface area contributed by atoms with Gasteiger partial charge in [-0.15, -0.1) is 0 Å². The molecule has 0 unspecified atom stereocenters. The molecule has 1 saturated carbocycles. The molecule has 1 aromatic carbocycles. The first-order valence-electron chi connectivity index (χ1n) is 10.8. The van der Waals surface area contributed by atoms with Gasteiger partial charge in [-0.1, -0.05) is 19.3 Å². The van der Waals surface area contributed by atoms with Gasteiger partial charge in [0.05, 0.1) is 30.3 Å². The lowest BCUT2D eigenvalue weighted by Crippen LogP contribution is -2.26. The second-order valence-electron chi connectivity index (χ2n) is 7.56. The number of nitrogens with one attached hydrogen (secondary N) is 1. The zero-order chi connectivity index (χ0) is 21.3. The van der Waals surface area contributed by atoms with Crippen molar-refractivity contribution in [2.24, 2.45) is 0 Å². The van der Waals surface area contributed by atoms with Gasteiger partial charge in [0.1, 0.15) is 5.56 Å². The van der Waals surface area contributed by atoms with Gasteiger partial charge in [-0.25, -0.2) is 9.48 Å². The van der Waals surface area contributed by atoms with Crippen LogP contribution in [0.5, 0.6) is 0 Å². The van der Waals surface area contributed by atoms with Crippen LogP contribution < -0.4 is 5.32 Å². The lowest BCUT2D eigenvalue weighted by Gasteiger charge is -2.21. The van der Waals surface area contributed by atoms with E-state index in [2.05, 4.69) is 10.4 Å². The molecule has 3 rings (SSSR count). The molecule has 1 fully saturated rings. The van der Waals surface area contributed by atoms with Crippen LogP contribution >= 0.6 is 0 Å². The lowest BCUT2D eigenvalue weighted by molar-refractivity contribution is 0.0273. The third kappa shape index (κ3) is 5.69. The fourth-order valence-electron chi connectivity index (χ4n) is 3.69. The molecule has 2 aromatic rings. The number of benzene rings is 1. The molecule has 0 aliphatic heterocycles. The fraction of sp³-hybridized carbons (Fsp3) is 0.522. The SMILES string of the molecule is CCOC(=O)c1cnn(-c2ccc(C(=O)NCCCOC3CCCCC3)cc2)c1C. The van der Waals surface area contributed by atoms with E-state index in [-0.39, 0.29) is 11.9 Å². The van der Waals surface area contributed by atoms with Crippen molar-refractivity contribution in [2.75, 3.05) is 19.8 Å². The number of ether oxygens (including phenoxy) is 2. The van der Waals surface area contributed by atoms with Crippen molar-refractivity contribution in [2.45, 2.75) is 58.5 Å². The van der Waals surface area contributed by atoms with Crippen LogP contribution in [0, 0.1) is 6.92 Å². The predicted molar refractivity (Wildman–Crippen MR) is 114 cm³/mol. The summed E-state index contributed by atoms with van der Waals surface area (Å²) in [4.78, 5) is 24.3. The number of amides is 1. The second kappa shape index (κ2) is 10.9. The number of carbonyl (C=O) groups is 2. The minimum absolute atomic E-state index is 0.108. The lowest BCUT2D eigenvalue weighted by atomic mass is 9.98. The first-order valence-corrected chi connectivity index (χ1v) is 10.8. The topological polar surface area (TPSA) is 82.5 Å². The average Bonchev–Trinajstić information content (AvgIpc) is 3.16. The van der Waals surface area contributed by atoms with Gasteiger partial charge in [-0.05, 0) is 57.4 Å². The summed E-state index contributed by atoms with van der Waals surface area (Å²) in [6.07, 6.45) is 8.88. The molecule has 1 heterocycles. The zero-order valence-corrected chi connectivity index (χ0v) is 17.9. The Balaban J connectivity index is 1.48. The van der Waals surface area contributed by atoms with Gasteiger partial charge < -0.3 is 14.8 Å². The van der Waals surface area contributed by atoms with Gasteiger partial charge in [-0.2, -0.15) is 5.10 Å². The number of hydrogen-bond donors (Lipinski definition) is 1. The van der Waals surface area contributed by atoms with Crippen molar-refractivity contribution < 1.29 is 19.1 Å². The van der Waals surface area contributed by atoms with Gasteiger partial charge in [-0.3, -0.25) is 4.79 Å². The van der Waals surface area contributed by atoms with E-state index in [1.54, 1.807) is 23.7 Å². The van der Waals surface area contributed by atoms with Crippen molar-refractivity contribution in [1.29, 1.82) is 0 Å². The van der Waals surface area contributed by atoms with Gasteiger partial charge >= 0.3 is 5.97 Å². The van der Waals surface area contributed by atoms with E-state index in [4.69, 9.17) is 9.47 Å². The summed E-state index contributed by atoms with van der Waals surface area (Å²) in [6.45, 7) is 5.18. The van der Waals surface area contributed by atoms with E-state index in [1.807, 2.05) is 19.1 Å². The van der Waals surface area contributed by atoms with Crippen molar-refractivity contribution in [3.05, 3.63) is 47.3 Å². The Bertz CT molecular complexity index is 839. The third-order valence-electron chi connectivity index (χ3n) is 5.39. The highest BCUT2D eigenvalue weighted by molar-refractivity contribution is 5.94. The molecule has 1 N–H and O–H groups in total. The van der Waals surface area contributed by atoms with Crippen LogP contribution in [0.2, 0.25) is 0 Å². The number of esters is 1. The Morgan fingerprint density at radius 1 is 1.17 bits per heavy atom. The molecule has 0 atom stereocenters. The summed E-state index contributed by atoms with van der Waals surface area (Å²) in [5.41, 5.74) is 2.50. The quantitative estimate of drug-likeness (QED) is 0.499. The highest BCUT2D eigenvalue weighted by Crippen LogP contribution is 2.20. The van der Waals surface area contributed by atoms with Crippen molar-refractivity contribution in [1.82, 2.24) is 15.1 Å². The summed E-state index contributed by atoms with van der Waals surface area (Å²) in [5.74, 6) is -0.492. The largest absolute Gasteiger partial charge is 0.462 e. The Morgan fingerprint density at radius 2 is 1.90 bits per heavy atom. The Hall–Kier alpha value is -2.67. The summed E-state index contributed by atoms with van der Waals surface area (Å²) in [5, 5.41) is 7.21. The summed E-state index contributed by atoms with van der Waals surface area (Å²) >= 11 is 0. The molecule has 0 bridgehead atoms. The Morgan fingerprint density at radius 3 is 2.60 bits per heavy atom. The number of aromatic nitrogens is 2. The van der Waals surface area contributed by atoms with E-state index in [0.717, 1.165) is 24.9 Å². The Labute approximate surface area is 177 Å². The van der Waals surface area contributed by atoms with Crippen LogP contribution in [0.15, 0.2) is 30.5 Å². The molecule has 30 heavy (non-hydrogen) atoms. The molecule has 162 valence electrons. The summed E-state index contributed by atoms with van der Waals surface area (Å²) < 4.78 is 12.6. The van der Waals surface area contributed by atoms with E-state index in [1.165, 1.54) is 25.5 Å². The van der Waals surface area contributed by atoms with E-state index in [9.17, 15) is 9.59 Å². The highest BCUT2D eigenvalue weighted by Gasteiger charge is 2.16. The van der Waals surface area contributed by atoms with Crippen LogP contribution in [0.25, 0.3) is 5.69 Å². The molecule has 1 aliphatic rings. The standard InChI is InChI=1S/C23H31N3O4/c1-3-29-23(28)21-16-25-26(17(21)2)19-12-10-18(11-13-19)22(27)24-14-7-15-30-20-8-5-4-6-9-20/h10-13,16,20H,3-9,14-15H2,1-2H3,(H,24,27). The maximum Gasteiger partial charge on any atom is 0.341 e. The maximum absolute atomic E-state index is 12.4. The number of hydrogen-bond acceptors (Lipinski definition) is 5. The molecule has 7 heteroatoms. The molecule has 0 spiro atoms. The monoisotopic (exact) mass is 413 g/mol. The van der Waals surface area contributed by atoms with E-state index in [0.29, 0.717) is 42.7 Å². The third-order valence-corrected chi connectivity index (χ3v) is 5.39. The van der Waals surface area contributed by atoms with E-state index >= 15 is 0 Å². The van der Waals surface area contributed by atoms with Gasteiger partial charge in [0.15, 0.2) is 0 Å². The minimum atomic E-state index is -0.385. The van der Waals surface area contributed by atoms with Crippen LogP contribution in [0.3, 0.4) is 0 Å². The van der Waals surface area contributed by atoms with Crippen LogP contribution in [0.4, 0.5) is 0 Å². The predicted octanol–water partition coefficient (Wildman–Crippen LogP) is 3.83. The smallest absolute Gasteiger partial charge is 0.341 e. The van der Waals surface area contributed by atoms with Crippen LogP contribution in [-0.4, -0.2) is 47.5 Å². The van der Waals surface area contributed by atoms with Crippen molar-refractivity contribution in [3.63, 3.8) is 0 Å². The van der Waals surface area contributed by atoms with Crippen LogP contribution in [0.1, 0.15) is 71.9 Å².